The van der Waals surface area contributed by atoms with Crippen molar-refractivity contribution >= 4 is 0 Å². The molecule has 0 fully saturated rings. The fourth-order valence-electron chi connectivity index (χ4n) is 2.45. The predicted octanol–water partition coefficient (Wildman–Crippen LogP) is 2.61. The van der Waals surface area contributed by atoms with Crippen molar-refractivity contribution in [2.75, 3.05) is 7.11 Å². The smallest absolute Gasteiger partial charge is 0.125 e. The predicted molar refractivity (Wildman–Crippen MR) is 74.4 cm³/mol. The minimum Gasteiger partial charge on any atom is -0.496 e. The molecule has 4 nitrogen and oxygen atoms in total. The Kier molecular flexibility index (Phi) is 3.90. The van der Waals surface area contributed by atoms with Crippen molar-refractivity contribution in [1.82, 2.24) is 9.78 Å². The van der Waals surface area contributed by atoms with E-state index in [9.17, 15) is 5.11 Å². The van der Waals surface area contributed by atoms with Crippen LogP contribution in [0.25, 0.3) is 0 Å². The summed E-state index contributed by atoms with van der Waals surface area (Å²) in [5.41, 5.74) is 3.73. The van der Waals surface area contributed by atoms with Crippen molar-refractivity contribution in [3.05, 3.63) is 46.8 Å². The summed E-state index contributed by atoms with van der Waals surface area (Å²) in [7, 11) is 1.63. The molecule has 1 N–H and O–H groups in total. The van der Waals surface area contributed by atoms with Crippen molar-refractivity contribution in [3.8, 4) is 5.75 Å². The monoisotopic (exact) mass is 260 g/mol. The van der Waals surface area contributed by atoms with E-state index in [2.05, 4.69) is 5.10 Å². The summed E-state index contributed by atoms with van der Waals surface area (Å²) in [6, 6.07) is 5.83. The minimum atomic E-state index is -0.724. The van der Waals surface area contributed by atoms with E-state index in [1.165, 1.54) is 0 Å². The van der Waals surface area contributed by atoms with Gasteiger partial charge in [0.2, 0.25) is 0 Å². The second-order valence-electron chi connectivity index (χ2n) is 4.67. The van der Waals surface area contributed by atoms with Crippen LogP contribution < -0.4 is 4.74 Å². The van der Waals surface area contributed by atoms with E-state index < -0.39 is 6.10 Å². The van der Waals surface area contributed by atoms with Gasteiger partial charge < -0.3 is 9.84 Å². The lowest BCUT2D eigenvalue weighted by Crippen LogP contribution is -2.11. The second kappa shape index (κ2) is 5.45. The molecular weight excluding hydrogens is 240 g/mol. The van der Waals surface area contributed by atoms with E-state index in [0.717, 1.165) is 28.9 Å². The van der Waals surface area contributed by atoms with E-state index in [0.29, 0.717) is 5.75 Å². The topological polar surface area (TPSA) is 47.3 Å². The summed E-state index contributed by atoms with van der Waals surface area (Å²) in [6.07, 6.45) is 0.982. The lowest BCUT2D eigenvalue weighted by Gasteiger charge is -2.19. The molecule has 1 aromatic carbocycles. The fourth-order valence-corrected chi connectivity index (χ4v) is 2.45. The fraction of sp³-hybridized carbons (Fsp3) is 0.400. The molecule has 1 heterocycles. The summed E-state index contributed by atoms with van der Waals surface area (Å²) in [4.78, 5) is 0. The second-order valence-corrected chi connectivity index (χ2v) is 4.67. The van der Waals surface area contributed by atoms with Gasteiger partial charge in [-0.2, -0.15) is 5.10 Å². The van der Waals surface area contributed by atoms with Crippen molar-refractivity contribution in [3.63, 3.8) is 0 Å². The Morgan fingerprint density at radius 2 is 2.11 bits per heavy atom. The third kappa shape index (κ3) is 2.49. The third-order valence-corrected chi connectivity index (χ3v) is 3.32. The van der Waals surface area contributed by atoms with Crippen LogP contribution >= 0.6 is 0 Å². The highest BCUT2D eigenvalue weighted by molar-refractivity contribution is 5.46. The molecule has 2 rings (SSSR count). The normalized spacial score (nSPS) is 12.5. The first-order valence-corrected chi connectivity index (χ1v) is 6.43. The Balaban J connectivity index is 2.52. The van der Waals surface area contributed by atoms with Crippen LogP contribution in [0.3, 0.4) is 0 Å². The molecule has 19 heavy (non-hydrogen) atoms. The van der Waals surface area contributed by atoms with E-state index >= 15 is 0 Å². The van der Waals surface area contributed by atoms with E-state index in [-0.39, 0.29) is 0 Å². The number of aliphatic hydroxyl groups is 1. The van der Waals surface area contributed by atoms with E-state index in [4.69, 9.17) is 4.74 Å². The first-order valence-electron chi connectivity index (χ1n) is 6.43. The zero-order chi connectivity index (χ0) is 14.0. The summed E-state index contributed by atoms with van der Waals surface area (Å²) in [5.74, 6) is 0.717. The first kappa shape index (κ1) is 13.6. The molecule has 0 bridgehead atoms. The van der Waals surface area contributed by atoms with Crippen LogP contribution in [0.1, 0.15) is 35.4 Å². The van der Waals surface area contributed by atoms with Gasteiger partial charge in [0, 0.05) is 18.3 Å². The summed E-state index contributed by atoms with van der Waals surface area (Å²) in [5, 5.41) is 14.8. The molecule has 0 radical (unpaired) electrons. The van der Waals surface area contributed by atoms with Gasteiger partial charge in [-0.25, -0.2) is 0 Å². The molecule has 2 aromatic rings. The molecule has 1 unspecified atom stereocenters. The van der Waals surface area contributed by atoms with Crippen LogP contribution in [-0.4, -0.2) is 22.0 Å². The number of aromatic nitrogens is 2. The highest BCUT2D eigenvalue weighted by Gasteiger charge is 2.21. The molecule has 0 saturated carbocycles. The van der Waals surface area contributed by atoms with Gasteiger partial charge in [0.1, 0.15) is 11.9 Å². The van der Waals surface area contributed by atoms with Gasteiger partial charge in [-0.05, 0) is 44.0 Å². The van der Waals surface area contributed by atoms with Crippen molar-refractivity contribution in [2.24, 2.45) is 0 Å². The Labute approximate surface area is 113 Å². The van der Waals surface area contributed by atoms with Gasteiger partial charge in [-0.3, -0.25) is 4.68 Å². The Morgan fingerprint density at radius 1 is 1.37 bits per heavy atom. The van der Waals surface area contributed by atoms with E-state index in [1.807, 2.05) is 39.0 Å². The summed E-state index contributed by atoms with van der Waals surface area (Å²) >= 11 is 0. The van der Waals surface area contributed by atoms with Gasteiger partial charge in [-0.1, -0.05) is 6.07 Å². The molecule has 0 saturated heterocycles. The quantitative estimate of drug-likeness (QED) is 0.919. The maximum absolute atomic E-state index is 10.6. The molecule has 0 aliphatic carbocycles. The molecule has 102 valence electrons. The van der Waals surface area contributed by atoms with Crippen LogP contribution in [0, 0.1) is 13.8 Å². The first-order chi connectivity index (χ1) is 9.08. The Bertz CT molecular complexity index is 576. The zero-order valence-corrected chi connectivity index (χ0v) is 11.8. The number of nitrogens with zero attached hydrogens (tertiary/aromatic N) is 2. The number of ether oxygens (including phenoxy) is 1. The lowest BCUT2D eigenvalue weighted by molar-refractivity contribution is 0.202. The highest BCUT2D eigenvalue weighted by atomic mass is 16.5. The van der Waals surface area contributed by atoms with Crippen LogP contribution in [0.2, 0.25) is 0 Å². The van der Waals surface area contributed by atoms with Crippen LogP contribution in [0.15, 0.2) is 24.4 Å². The van der Waals surface area contributed by atoms with Gasteiger partial charge in [0.15, 0.2) is 0 Å². The van der Waals surface area contributed by atoms with Crippen LogP contribution in [-0.2, 0) is 6.54 Å². The van der Waals surface area contributed by atoms with Gasteiger partial charge in [-0.15, -0.1) is 0 Å². The number of rotatable bonds is 4. The Morgan fingerprint density at radius 3 is 2.74 bits per heavy atom. The average Bonchev–Trinajstić information content (AvgIpc) is 2.85. The van der Waals surface area contributed by atoms with Gasteiger partial charge in [0.05, 0.1) is 12.8 Å². The molecule has 0 aliphatic heterocycles. The number of aryl methyl sites for hydroxylation is 3. The van der Waals surface area contributed by atoms with E-state index in [1.54, 1.807) is 18.0 Å². The minimum absolute atomic E-state index is 0.717. The van der Waals surface area contributed by atoms with Gasteiger partial charge >= 0.3 is 0 Å². The molecule has 0 spiro atoms. The lowest BCUT2D eigenvalue weighted by atomic mass is 9.97. The average molecular weight is 260 g/mol. The van der Waals surface area contributed by atoms with Crippen molar-refractivity contribution in [1.29, 1.82) is 0 Å². The van der Waals surface area contributed by atoms with Gasteiger partial charge in [0.25, 0.3) is 0 Å². The number of methoxy groups -OCH3 is 1. The number of hydrogen-bond donors (Lipinski definition) is 1. The highest BCUT2D eigenvalue weighted by Crippen LogP contribution is 2.33. The number of aliphatic hydroxyl groups excluding tert-OH is 1. The standard InChI is InChI=1S/C15H20N2O2/c1-5-17-12(6-7-16-17)15(18)14-11(3)8-10(2)9-13(14)19-4/h6-9,15,18H,5H2,1-4H3. The molecule has 1 atom stereocenters. The Hall–Kier alpha value is -1.81. The number of benzene rings is 1. The molecule has 0 amide bonds. The van der Waals surface area contributed by atoms with Crippen molar-refractivity contribution in [2.45, 2.75) is 33.4 Å². The SMILES string of the molecule is CCn1nccc1C(O)c1c(C)cc(C)cc1OC. The maximum Gasteiger partial charge on any atom is 0.125 e. The summed E-state index contributed by atoms with van der Waals surface area (Å²) < 4.78 is 7.21. The molecule has 0 aliphatic rings. The van der Waals surface area contributed by atoms with Crippen LogP contribution in [0.4, 0.5) is 0 Å². The van der Waals surface area contributed by atoms with Crippen LogP contribution in [0.5, 0.6) is 5.75 Å². The molecule has 1 aromatic heterocycles. The largest absolute Gasteiger partial charge is 0.496 e. The molecule has 4 heteroatoms. The number of hydrogen-bond acceptors (Lipinski definition) is 3. The maximum atomic E-state index is 10.6. The van der Waals surface area contributed by atoms with Crippen molar-refractivity contribution < 1.29 is 9.84 Å². The third-order valence-electron chi connectivity index (χ3n) is 3.32. The molecular formula is C15H20N2O2. The zero-order valence-electron chi connectivity index (χ0n) is 11.8. The summed E-state index contributed by atoms with van der Waals surface area (Å²) in [6.45, 7) is 6.73.